The minimum atomic E-state index is -0.299. The number of likely N-dealkylation sites (tertiary alicyclic amines) is 1. The fraction of sp³-hybridized carbons (Fsp3) is 0.480. The van der Waals surface area contributed by atoms with Crippen molar-refractivity contribution in [2.24, 2.45) is 0 Å². The second-order valence-electron chi connectivity index (χ2n) is 9.32. The largest absolute Gasteiger partial charge is 0.371 e. The van der Waals surface area contributed by atoms with Gasteiger partial charge in [0, 0.05) is 56.7 Å². The topological polar surface area (TPSA) is 26.8 Å². The molecule has 3 aliphatic rings. The first-order valence-electron chi connectivity index (χ1n) is 11.1. The molecule has 5 rings (SSSR count). The summed E-state index contributed by atoms with van der Waals surface area (Å²) in [6.45, 7) is 7.68. The zero-order valence-electron chi connectivity index (χ0n) is 17.9. The van der Waals surface area contributed by atoms with Crippen LogP contribution in [0.2, 0.25) is 0 Å². The van der Waals surface area contributed by atoms with Crippen LogP contribution in [0, 0.1) is 5.82 Å². The quantitative estimate of drug-likeness (QED) is 0.698. The number of carbonyl (C=O) groups is 1. The Morgan fingerprint density at radius 1 is 1.13 bits per heavy atom. The Morgan fingerprint density at radius 2 is 1.93 bits per heavy atom. The average molecular weight is 408 g/mol. The monoisotopic (exact) mass is 407 g/mol. The lowest BCUT2D eigenvalue weighted by molar-refractivity contribution is 0.0963. The van der Waals surface area contributed by atoms with E-state index in [-0.39, 0.29) is 17.0 Å². The smallest absolute Gasteiger partial charge is 0.162 e. The maximum Gasteiger partial charge on any atom is 0.162 e. The molecule has 4 nitrogen and oxygen atoms in total. The van der Waals surface area contributed by atoms with Crippen LogP contribution >= 0.6 is 0 Å². The number of piperidine rings is 1. The molecule has 158 valence electrons. The zero-order valence-corrected chi connectivity index (χ0v) is 17.9. The van der Waals surface area contributed by atoms with Gasteiger partial charge in [0.1, 0.15) is 5.82 Å². The van der Waals surface area contributed by atoms with Crippen LogP contribution in [0.15, 0.2) is 42.5 Å². The minimum absolute atomic E-state index is 0.104. The normalized spacial score (nSPS) is 25.2. The number of hydrogen-bond acceptors (Lipinski definition) is 4. The minimum Gasteiger partial charge on any atom is -0.371 e. The van der Waals surface area contributed by atoms with Gasteiger partial charge in [0.15, 0.2) is 5.78 Å². The Hall–Kier alpha value is -2.40. The van der Waals surface area contributed by atoms with E-state index in [1.54, 1.807) is 12.1 Å². The van der Waals surface area contributed by atoms with Crippen LogP contribution in [-0.4, -0.2) is 56.5 Å². The summed E-state index contributed by atoms with van der Waals surface area (Å²) in [5.74, 6) is -0.195. The van der Waals surface area contributed by atoms with E-state index in [1.165, 1.54) is 35.5 Å². The standard InChI is InChI=1S/C25H30FN3O/c1-25-17-28(13-4-7-22(30)18-8-10-19(26)11-9-18)14-12-23(25)29-16-15-27(2)21-6-3-5-20(25)24(21)29/h3,5-6,8-11,23H,4,7,12-17H2,1-2H3. The molecule has 0 spiro atoms. The first-order valence-corrected chi connectivity index (χ1v) is 11.1. The van der Waals surface area contributed by atoms with Crippen molar-refractivity contribution in [1.29, 1.82) is 0 Å². The summed E-state index contributed by atoms with van der Waals surface area (Å²) in [6.07, 6.45) is 2.52. The van der Waals surface area contributed by atoms with E-state index in [0.717, 1.165) is 39.1 Å². The molecule has 2 atom stereocenters. The Labute approximate surface area is 178 Å². The van der Waals surface area contributed by atoms with Crippen molar-refractivity contribution in [3.63, 3.8) is 0 Å². The van der Waals surface area contributed by atoms with Crippen molar-refractivity contribution in [3.05, 3.63) is 59.4 Å². The maximum absolute atomic E-state index is 13.1. The maximum atomic E-state index is 13.1. The number of anilines is 2. The Bertz CT molecular complexity index is 959. The van der Waals surface area contributed by atoms with Crippen molar-refractivity contribution in [1.82, 2.24) is 4.90 Å². The van der Waals surface area contributed by atoms with Crippen molar-refractivity contribution in [3.8, 4) is 0 Å². The van der Waals surface area contributed by atoms with Crippen LogP contribution in [0.3, 0.4) is 0 Å². The van der Waals surface area contributed by atoms with E-state index < -0.39 is 0 Å². The number of rotatable bonds is 5. The molecule has 0 amide bonds. The number of carbonyl (C=O) groups excluding carboxylic acids is 1. The van der Waals surface area contributed by atoms with Crippen LogP contribution in [0.1, 0.15) is 42.1 Å². The molecule has 0 aliphatic carbocycles. The fourth-order valence-corrected chi connectivity index (χ4v) is 5.87. The van der Waals surface area contributed by atoms with E-state index in [1.807, 2.05) is 0 Å². The highest BCUT2D eigenvalue weighted by Crippen LogP contribution is 2.53. The lowest BCUT2D eigenvalue weighted by atomic mass is 9.74. The summed E-state index contributed by atoms with van der Waals surface area (Å²) < 4.78 is 13.1. The highest BCUT2D eigenvalue weighted by molar-refractivity contribution is 5.95. The Kier molecular flexibility index (Phi) is 4.81. The second-order valence-corrected chi connectivity index (χ2v) is 9.32. The van der Waals surface area contributed by atoms with E-state index in [9.17, 15) is 9.18 Å². The zero-order chi connectivity index (χ0) is 20.9. The summed E-state index contributed by atoms with van der Waals surface area (Å²) >= 11 is 0. The third kappa shape index (κ3) is 3.11. The fourth-order valence-electron chi connectivity index (χ4n) is 5.87. The molecule has 1 saturated heterocycles. The first kappa shape index (κ1) is 19.6. The molecular weight excluding hydrogens is 377 g/mol. The van der Waals surface area contributed by atoms with Gasteiger partial charge >= 0.3 is 0 Å². The lowest BCUT2D eigenvalue weighted by Crippen LogP contribution is -2.56. The molecule has 1 fully saturated rings. The van der Waals surface area contributed by atoms with Gasteiger partial charge in [-0.3, -0.25) is 4.79 Å². The molecule has 0 N–H and O–H groups in total. The third-order valence-corrected chi connectivity index (χ3v) is 7.43. The van der Waals surface area contributed by atoms with Gasteiger partial charge in [0.05, 0.1) is 11.4 Å². The number of Topliss-reactive ketones (excluding diaryl/α,β-unsaturated/α-hetero) is 1. The SMILES string of the molecule is CN1CCN2c3c1cccc3C1(C)CN(CCCC(=O)c3ccc(F)cc3)CCC21. The van der Waals surface area contributed by atoms with Gasteiger partial charge < -0.3 is 14.7 Å². The lowest BCUT2D eigenvalue weighted by Gasteiger charge is -2.46. The highest BCUT2D eigenvalue weighted by atomic mass is 19.1. The van der Waals surface area contributed by atoms with Gasteiger partial charge in [-0.2, -0.15) is 0 Å². The molecule has 2 aromatic rings. The Morgan fingerprint density at radius 3 is 2.73 bits per heavy atom. The number of likely N-dealkylation sites (N-methyl/N-ethyl adjacent to an activating group) is 1. The number of nitrogens with zero attached hydrogens (tertiary/aromatic N) is 3. The van der Waals surface area contributed by atoms with E-state index in [4.69, 9.17) is 0 Å². The first-order chi connectivity index (χ1) is 14.5. The molecule has 3 heterocycles. The molecule has 0 bridgehead atoms. The molecule has 2 unspecified atom stereocenters. The molecule has 0 saturated carbocycles. The third-order valence-electron chi connectivity index (χ3n) is 7.43. The number of para-hydroxylation sites is 1. The second kappa shape index (κ2) is 7.38. The van der Waals surface area contributed by atoms with Gasteiger partial charge in [-0.05, 0) is 55.3 Å². The van der Waals surface area contributed by atoms with E-state index in [2.05, 4.69) is 46.9 Å². The highest BCUT2D eigenvalue weighted by Gasteiger charge is 2.52. The number of ketones is 1. The van der Waals surface area contributed by atoms with Crippen LogP contribution in [-0.2, 0) is 5.41 Å². The predicted molar refractivity (Wildman–Crippen MR) is 119 cm³/mol. The van der Waals surface area contributed by atoms with Crippen molar-refractivity contribution in [2.45, 2.75) is 37.6 Å². The van der Waals surface area contributed by atoms with Gasteiger partial charge in [-0.1, -0.05) is 19.1 Å². The van der Waals surface area contributed by atoms with Gasteiger partial charge in [0.2, 0.25) is 0 Å². The summed E-state index contributed by atoms with van der Waals surface area (Å²) in [6, 6.07) is 13.3. The van der Waals surface area contributed by atoms with Crippen molar-refractivity contribution in [2.75, 3.05) is 49.6 Å². The number of halogens is 1. The molecule has 0 aromatic heterocycles. The molecule has 3 aliphatic heterocycles. The van der Waals surface area contributed by atoms with Crippen LogP contribution in [0.4, 0.5) is 15.8 Å². The molecule has 0 radical (unpaired) electrons. The average Bonchev–Trinajstić information content (AvgIpc) is 3.00. The summed E-state index contributed by atoms with van der Waals surface area (Å²) in [7, 11) is 2.20. The molecule has 30 heavy (non-hydrogen) atoms. The summed E-state index contributed by atoms with van der Waals surface area (Å²) in [5, 5.41) is 0. The Balaban J connectivity index is 1.26. The van der Waals surface area contributed by atoms with Crippen molar-refractivity contribution < 1.29 is 9.18 Å². The summed E-state index contributed by atoms with van der Waals surface area (Å²) in [5.41, 5.74) is 5.05. The van der Waals surface area contributed by atoms with E-state index in [0.29, 0.717) is 18.0 Å². The molecule has 2 aromatic carbocycles. The number of benzene rings is 2. The van der Waals surface area contributed by atoms with Crippen LogP contribution in [0.25, 0.3) is 0 Å². The van der Waals surface area contributed by atoms with E-state index >= 15 is 0 Å². The molecule has 5 heteroatoms. The van der Waals surface area contributed by atoms with Gasteiger partial charge in [0.25, 0.3) is 0 Å². The van der Waals surface area contributed by atoms with Gasteiger partial charge in [-0.25, -0.2) is 4.39 Å². The van der Waals surface area contributed by atoms with Crippen molar-refractivity contribution >= 4 is 17.2 Å². The summed E-state index contributed by atoms with van der Waals surface area (Å²) in [4.78, 5) is 20.0. The van der Waals surface area contributed by atoms with Crippen LogP contribution in [0.5, 0.6) is 0 Å². The number of hydrogen-bond donors (Lipinski definition) is 0. The molecular formula is C25H30FN3O. The number of fused-ring (bicyclic) bond motifs is 3. The predicted octanol–water partition coefficient (Wildman–Crippen LogP) is 4.09. The van der Waals surface area contributed by atoms with Gasteiger partial charge in [-0.15, -0.1) is 0 Å². The van der Waals surface area contributed by atoms with Crippen LogP contribution < -0.4 is 9.80 Å².